The molecule has 0 spiro atoms. The largest absolute Gasteiger partial charge is 0.505 e. The lowest BCUT2D eigenvalue weighted by Gasteiger charge is -2.10. The SMILES string of the molecule is O=S(=O)(O)Oc1cc(N=Nc2ccc(S(=O)(=O)O)c3ccccc23)c(O)c2ccccc12. The number of fused-ring (bicyclic) bond motifs is 2. The highest BCUT2D eigenvalue weighted by molar-refractivity contribution is 7.86. The molecule has 4 aromatic carbocycles. The molecule has 0 unspecified atom stereocenters. The van der Waals surface area contributed by atoms with Crippen LogP contribution in [0.2, 0.25) is 0 Å². The van der Waals surface area contributed by atoms with Crippen LogP contribution in [0.1, 0.15) is 0 Å². The second-order valence-corrected chi connectivity index (χ2v) is 9.01. The Balaban J connectivity index is 1.88. The maximum absolute atomic E-state index is 11.6. The van der Waals surface area contributed by atoms with Gasteiger partial charge in [-0.05, 0) is 12.1 Å². The smallest absolute Gasteiger partial charge is 0.446 e. The number of rotatable bonds is 5. The van der Waals surface area contributed by atoms with Gasteiger partial charge in [0.25, 0.3) is 10.1 Å². The van der Waals surface area contributed by atoms with Crippen molar-refractivity contribution in [3.05, 3.63) is 66.7 Å². The molecule has 4 aromatic rings. The maximum atomic E-state index is 11.6. The standard InChI is InChI=1S/C20H14N2O8S2/c23-20-15-8-4-2-6-13(15)18(30-32(27,28)29)11-17(20)22-21-16-9-10-19(31(24,25)26)14-7-3-1-5-12(14)16/h1-11,23H,(H,24,25,26)(H,27,28,29). The molecule has 12 heteroatoms. The molecule has 0 aliphatic rings. The maximum Gasteiger partial charge on any atom is 0.446 e. The molecular weight excluding hydrogens is 460 g/mol. The zero-order chi connectivity index (χ0) is 23.1. The van der Waals surface area contributed by atoms with Crippen LogP contribution in [0.15, 0.2) is 81.9 Å². The number of hydrogen-bond acceptors (Lipinski definition) is 8. The average molecular weight is 474 g/mol. The van der Waals surface area contributed by atoms with Crippen molar-refractivity contribution in [2.24, 2.45) is 10.2 Å². The summed E-state index contributed by atoms with van der Waals surface area (Å²) < 4.78 is 68.9. The summed E-state index contributed by atoms with van der Waals surface area (Å²) in [6.07, 6.45) is 0. The molecule has 0 saturated heterocycles. The molecule has 10 nitrogen and oxygen atoms in total. The number of aromatic hydroxyl groups is 1. The first kappa shape index (κ1) is 21.6. The molecule has 3 N–H and O–H groups in total. The molecule has 0 aliphatic heterocycles. The predicted molar refractivity (Wildman–Crippen MR) is 116 cm³/mol. The summed E-state index contributed by atoms with van der Waals surface area (Å²) in [5.41, 5.74) is 0.0584. The molecule has 0 aromatic heterocycles. The third-order valence-corrected chi connectivity index (χ3v) is 5.86. The summed E-state index contributed by atoms with van der Waals surface area (Å²) in [5, 5.41) is 19.6. The quantitative estimate of drug-likeness (QED) is 0.280. The molecule has 32 heavy (non-hydrogen) atoms. The summed E-state index contributed by atoms with van der Waals surface area (Å²) in [6.45, 7) is 0. The van der Waals surface area contributed by atoms with Gasteiger partial charge in [0, 0.05) is 27.6 Å². The van der Waals surface area contributed by atoms with Crippen LogP contribution in [0.3, 0.4) is 0 Å². The van der Waals surface area contributed by atoms with E-state index in [0.29, 0.717) is 5.39 Å². The monoisotopic (exact) mass is 474 g/mol. The molecule has 0 atom stereocenters. The van der Waals surface area contributed by atoms with Crippen LogP contribution in [-0.4, -0.2) is 31.0 Å². The van der Waals surface area contributed by atoms with Crippen molar-refractivity contribution < 1.29 is 35.2 Å². The van der Waals surface area contributed by atoms with Crippen molar-refractivity contribution in [1.29, 1.82) is 0 Å². The Bertz CT molecular complexity index is 1610. The molecule has 0 amide bonds. The van der Waals surface area contributed by atoms with Gasteiger partial charge in [0.1, 0.15) is 10.6 Å². The average Bonchev–Trinajstić information content (AvgIpc) is 2.73. The van der Waals surface area contributed by atoms with Gasteiger partial charge in [-0.3, -0.25) is 9.11 Å². The highest BCUT2D eigenvalue weighted by atomic mass is 32.3. The van der Waals surface area contributed by atoms with Crippen molar-refractivity contribution >= 4 is 53.4 Å². The van der Waals surface area contributed by atoms with E-state index in [9.17, 15) is 26.5 Å². The van der Waals surface area contributed by atoms with E-state index in [-0.39, 0.29) is 43.9 Å². The molecule has 4 rings (SSSR count). The summed E-state index contributed by atoms with van der Waals surface area (Å²) in [7, 11) is -9.32. The van der Waals surface area contributed by atoms with Crippen molar-refractivity contribution in [2.75, 3.05) is 0 Å². The van der Waals surface area contributed by atoms with E-state index >= 15 is 0 Å². The molecule has 0 aliphatic carbocycles. The van der Waals surface area contributed by atoms with Gasteiger partial charge in [0.05, 0.1) is 5.69 Å². The number of nitrogens with zero attached hydrogens (tertiary/aromatic N) is 2. The van der Waals surface area contributed by atoms with Crippen LogP contribution in [-0.2, 0) is 20.5 Å². The number of hydrogen-bond donors (Lipinski definition) is 3. The summed E-state index contributed by atoms with van der Waals surface area (Å²) in [6, 6.07) is 16.0. The van der Waals surface area contributed by atoms with Gasteiger partial charge in [-0.15, -0.1) is 10.2 Å². The van der Waals surface area contributed by atoms with Crippen molar-refractivity contribution in [1.82, 2.24) is 0 Å². The van der Waals surface area contributed by atoms with Gasteiger partial charge in [-0.2, -0.15) is 16.8 Å². The van der Waals surface area contributed by atoms with E-state index in [1.54, 1.807) is 30.3 Å². The van der Waals surface area contributed by atoms with Crippen LogP contribution in [0.5, 0.6) is 11.5 Å². The van der Waals surface area contributed by atoms with Crippen molar-refractivity contribution in [3.8, 4) is 11.5 Å². The van der Waals surface area contributed by atoms with Gasteiger partial charge in [-0.25, -0.2) is 0 Å². The fourth-order valence-corrected chi connectivity index (χ4v) is 4.31. The first-order valence-corrected chi connectivity index (χ1v) is 11.7. The first-order valence-electron chi connectivity index (χ1n) is 8.87. The highest BCUT2D eigenvalue weighted by Gasteiger charge is 2.18. The van der Waals surface area contributed by atoms with E-state index in [1.807, 2.05) is 0 Å². The van der Waals surface area contributed by atoms with E-state index < -0.39 is 20.5 Å². The number of azo groups is 1. The van der Waals surface area contributed by atoms with Crippen LogP contribution in [0.4, 0.5) is 11.4 Å². The Morgan fingerprint density at radius 2 is 1.25 bits per heavy atom. The Labute approximate surface area is 182 Å². The minimum atomic E-state index is -4.85. The van der Waals surface area contributed by atoms with Crippen molar-refractivity contribution in [3.63, 3.8) is 0 Å². The zero-order valence-corrected chi connectivity index (χ0v) is 17.6. The number of phenolic OH excluding ortho intramolecular Hbond substituents is 1. The summed E-state index contributed by atoms with van der Waals surface area (Å²) in [4.78, 5) is -0.301. The highest BCUT2D eigenvalue weighted by Crippen LogP contribution is 2.42. The fourth-order valence-electron chi connectivity index (χ4n) is 3.25. The molecule has 0 bridgehead atoms. The Hall–Kier alpha value is -3.58. The van der Waals surface area contributed by atoms with E-state index in [4.69, 9.17) is 4.55 Å². The Kier molecular flexibility index (Phi) is 5.30. The van der Waals surface area contributed by atoms with Crippen LogP contribution in [0.25, 0.3) is 21.5 Å². The number of phenols is 1. The zero-order valence-electron chi connectivity index (χ0n) is 15.9. The van der Waals surface area contributed by atoms with Gasteiger partial charge in [0.15, 0.2) is 11.5 Å². The van der Waals surface area contributed by atoms with E-state index in [1.165, 1.54) is 30.3 Å². The second kappa shape index (κ2) is 7.84. The van der Waals surface area contributed by atoms with E-state index in [2.05, 4.69) is 14.4 Å². The molecule has 0 fully saturated rings. The minimum Gasteiger partial charge on any atom is -0.505 e. The first-order chi connectivity index (χ1) is 15.0. The van der Waals surface area contributed by atoms with Gasteiger partial charge in [-0.1, -0.05) is 48.5 Å². The Morgan fingerprint density at radius 1 is 0.688 bits per heavy atom. The lowest BCUT2D eigenvalue weighted by atomic mass is 10.1. The van der Waals surface area contributed by atoms with E-state index in [0.717, 1.165) is 6.07 Å². The summed E-state index contributed by atoms with van der Waals surface area (Å²) in [5.74, 6) is -0.590. The number of benzene rings is 4. The Morgan fingerprint density at radius 3 is 1.88 bits per heavy atom. The topological polar surface area (TPSA) is 163 Å². The molecule has 0 saturated carbocycles. The third-order valence-electron chi connectivity index (χ3n) is 4.56. The second-order valence-electron chi connectivity index (χ2n) is 6.60. The third kappa shape index (κ3) is 4.24. The predicted octanol–water partition coefficient (Wildman–Crippen LogP) is 4.54. The normalized spacial score (nSPS) is 12.6. The van der Waals surface area contributed by atoms with Gasteiger partial charge >= 0.3 is 10.4 Å². The van der Waals surface area contributed by atoms with Crippen LogP contribution >= 0.6 is 0 Å². The molecule has 0 heterocycles. The lowest BCUT2D eigenvalue weighted by molar-refractivity contribution is 0.388. The molecular formula is C20H14N2O8S2. The molecule has 164 valence electrons. The van der Waals surface area contributed by atoms with Crippen LogP contribution < -0.4 is 4.18 Å². The van der Waals surface area contributed by atoms with Gasteiger partial charge in [0.2, 0.25) is 0 Å². The lowest BCUT2D eigenvalue weighted by Crippen LogP contribution is -2.06. The van der Waals surface area contributed by atoms with Crippen molar-refractivity contribution in [2.45, 2.75) is 4.90 Å². The fraction of sp³-hybridized carbons (Fsp3) is 0. The molecule has 0 radical (unpaired) electrons. The van der Waals surface area contributed by atoms with Crippen LogP contribution in [0, 0.1) is 0 Å². The summed E-state index contributed by atoms with van der Waals surface area (Å²) >= 11 is 0. The van der Waals surface area contributed by atoms with Gasteiger partial charge < -0.3 is 9.29 Å². The minimum absolute atomic E-state index is 0.162.